The number of aliphatic hydroxyl groups is 1. The molecule has 3 N–H and O–H groups in total. The predicted molar refractivity (Wildman–Crippen MR) is 121 cm³/mol. The molecular formula is C23H31FN6O. The molecule has 0 amide bonds. The SMILES string of the molecule is CCCC(CC)Nc1ncc2nc(Nc3ccccc3F)n([C@H]3CC[C@H](O)CC3)c2n1. The summed E-state index contributed by atoms with van der Waals surface area (Å²) in [5, 5.41) is 16.6. The van der Waals surface area contributed by atoms with Crippen LogP contribution < -0.4 is 10.6 Å². The number of benzene rings is 1. The highest BCUT2D eigenvalue weighted by molar-refractivity contribution is 5.76. The standard InChI is InChI=1S/C23H31FN6O/c1-3-7-15(4-2)26-22-25-14-20-21(29-22)30(16-10-12-17(31)13-11-16)23(28-20)27-19-9-6-5-8-18(19)24/h5-6,8-9,14-17,31H,3-4,7,10-13H2,1-2H3,(H,27,28)(H,25,26,29)/t15?,16-,17-. The largest absolute Gasteiger partial charge is 0.393 e. The molecule has 1 aliphatic rings. The summed E-state index contributed by atoms with van der Waals surface area (Å²) in [5.74, 6) is 0.801. The van der Waals surface area contributed by atoms with Crippen LogP contribution in [0.3, 0.4) is 0 Å². The lowest BCUT2D eigenvalue weighted by Crippen LogP contribution is -2.23. The Kier molecular flexibility index (Phi) is 6.65. The molecule has 2 heterocycles. The van der Waals surface area contributed by atoms with E-state index in [2.05, 4.69) is 39.0 Å². The number of aromatic nitrogens is 4. The second kappa shape index (κ2) is 9.60. The Morgan fingerprint density at radius 1 is 1.16 bits per heavy atom. The Hall–Kier alpha value is -2.74. The zero-order valence-corrected chi connectivity index (χ0v) is 18.2. The van der Waals surface area contributed by atoms with Gasteiger partial charge in [-0.05, 0) is 50.7 Å². The predicted octanol–water partition coefficient (Wildman–Crippen LogP) is 5.18. The summed E-state index contributed by atoms with van der Waals surface area (Å²) in [4.78, 5) is 14.0. The molecule has 1 atom stereocenters. The van der Waals surface area contributed by atoms with Crippen LogP contribution in [0, 0.1) is 5.82 Å². The van der Waals surface area contributed by atoms with Crippen molar-refractivity contribution >= 4 is 28.7 Å². The number of rotatable bonds is 8. The van der Waals surface area contributed by atoms with Crippen molar-refractivity contribution in [1.82, 2.24) is 19.5 Å². The van der Waals surface area contributed by atoms with Crippen LogP contribution in [0.2, 0.25) is 0 Å². The van der Waals surface area contributed by atoms with E-state index in [1.165, 1.54) is 6.07 Å². The summed E-state index contributed by atoms with van der Waals surface area (Å²) >= 11 is 0. The molecule has 1 aromatic carbocycles. The van der Waals surface area contributed by atoms with Gasteiger partial charge >= 0.3 is 0 Å². The van der Waals surface area contributed by atoms with E-state index >= 15 is 0 Å². The molecule has 1 saturated carbocycles. The van der Waals surface area contributed by atoms with E-state index in [9.17, 15) is 9.50 Å². The second-order valence-electron chi connectivity index (χ2n) is 8.31. The number of fused-ring (bicyclic) bond motifs is 1. The van der Waals surface area contributed by atoms with Gasteiger partial charge in [0.15, 0.2) is 5.65 Å². The van der Waals surface area contributed by atoms with E-state index in [1.807, 2.05) is 0 Å². The molecular weight excluding hydrogens is 395 g/mol. The minimum atomic E-state index is -0.334. The summed E-state index contributed by atoms with van der Waals surface area (Å²) in [6, 6.07) is 7.01. The first-order valence-corrected chi connectivity index (χ1v) is 11.3. The van der Waals surface area contributed by atoms with Crippen molar-refractivity contribution in [3.05, 3.63) is 36.3 Å². The van der Waals surface area contributed by atoms with E-state index in [1.54, 1.807) is 24.4 Å². The molecule has 0 spiro atoms. The number of aliphatic hydroxyl groups excluding tert-OH is 1. The van der Waals surface area contributed by atoms with Gasteiger partial charge in [0.25, 0.3) is 0 Å². The normalized spacial score (nSPS) is 20.0. The van der Waals surface area contributed by atoms with E-state index in [0.29, 0.717) is 29.1 Å². The molecule has 2 aromatic heterocycles. The van der Waals surface area contributed by atoms with E-state index in [0.717, 1.165) is 50.6 Å². The fourth-order valence-electron chi connectivity index (χ4n) is 4.30. The monoisotopic (exact) mass is 426 g/mol. The molecule has 0 radical (unpaired) electrons. The molecule has 0 saturated heterocycles. The molecule has 1 aliphatic carbocycles. The molecule has 1 unspecified atom stereocenters. The van der Waals surface area contributed by atoms with Crippen LogP contribution in [-0.4, -0.2) is 36.8 Å². The molecule has 1 fully saturated rings. The van der Waals surface area contributed by atoms with Crippen molar-refractivity contribution in [1.29, 1.82) is 0 Å². The van der Waals surface area contributed by atoms with Crippen molar-refractivity contribution in [2.45, 2.75) is 77.0 Å². The smallest absolute Gasteiger partial charge is 0.224 e. The van der Waals surface area contributed by atoms with Crippen LogP contribution in [-0.2, 0) is 0 Å². The third-order valence-electron chi connectivity index (χ3n) is 6.05. The zero-order valence-electron chi connectivity index (χ0n) is 18.2. The number of halogens is 1. The first-order chi connectivity index (χ1) is 15.1. The van der Waals surface area contributed by atoms with Crippen molar-refractivity contribution in [3.8, 4) is 0 Å². The van der Waals surface area contributed by atoms with Crippen molar-refractivity contribution in [2.24, 2.45) is 0 Å². The maximum Gasteiger partial charge on any atom is 0.224 e. The first-order valence-electron chi connectivity index (χ1n) is 11.3. The van der Waals surface area contributed by atoms with E-state index in [4.69, 9.17) is 4.98 Å². The number of para-hydroxylation sites is 1. The third kappa shape index (κ3) is 4.79. The number of imidazole rings is 1. The topological polar surface area (TPSA) is 87.9 Å². The number of hydrogen-bond acceptors (Lipinski definition) is 6. The number of hydrogen-bond donors (Lipinski definition) is 3. The van der Waals surface area contributed by atoms with Crippen LogP contribution in [0.15, 0.2) is 30.5 Å². The number of nitrogens with one attached hydrogen (secondary N) is 2. The molecule has 0 aliphatic heterocycles. The van der Waals surface area contributed by atoms with Gasteiger partial charge in [-0.1, -0.05) is 32.4 Å². The van der Waals surface area contributed by atoms with Crippen LogP contribution in [0.25, 0.3) is 11.2 Å². The van der Waals surface area contributed by atoms with E-state index < -0.39 is 0 Å². The molecule has 31 heavy (non-hydrogen) atoms. The number of nitrogens with zero attached hydrogens (tertiary/aromatic N) is 4. The quantitative estimate of drug-likeness (QED) is 0.460. The Bertz CT molecular complexity index is 1010. The fourth-order valence-corrected chi connectivity index (χ4v) is 4.30. The van der Waals surface area contributed by atoms with Crippen molar-refractivity contribution < 1.29 is 9.50 Å². The maximum atomic E-state index is 14.3. The van der Waals surface area contributed by atoms with Crippen molar-refractivity contribution in [2.75, 3.05) is 10.6 Å². The molecule has 3 aromatic rings. The van der Waals surface area contributed by atoms with Gasteiger partial charge in [-0.2, -0.15) is 4.98 Å². The molecule has 4 rings (SSSR count). The van der Waals surface area contributed by atoms with Crippen LogP contribution in [0.1, 0.15) is 64.8 Å². The first kappa shape index (κ1) is 21.5. The highest BCUT2D eigenvalue weighted by Crippen LogP contribution is 2.35. The third-order valence-corrected chi connectivity index (χ3v) is 6.05. The van der Waals surface area contributed by atoms with Gasteiger partial charge in [-0.15, -0.1) is 0 Å². The maximum absolute atomic E-state index is 14.3. The summed E-state index contributed by atoms with van der Waals surface area (Å²) in [7, 11) is 0. The van der Waals surface area contributed by atoms with E-state index in [-0.39, 0.29) is 18.0 Å². The van der Waals surface area contributed by atoms with Gasteiger partial charge in [-0.3, -0.25) is 4.57 Å². The minimum Gasteiger partial charge on any atom is -0.393 e. The molecule has 0 bridgehead atoms. The van der Waals surface area contributed by atoms with Crippen LogP contribution in [0.4, 0.5) is 22.0 Å². The Balaban J connectivity index is 1.73. The summed E-state index contributed by atoms with van der Waals surface area (Å²) in [5.41, 5.74) is 1.76. The summed E-state index contributed by atoms with van der Waals surface area (Å²) < 4.78 is 16.4. The molecule has 7 nitrogen and oxygen atoms in total. The van der Waals surface area contributed by atoms with Gasteiger partial charge in [0.1, 0.15) is 11.3 Å². The molecule has 8 heteroatoms. The highest BCUT2D eigenvalue weighted by atomic mass is 19.1. The van der Waals surface area contributed by atoms with Gasteiger partial charge < -0.3 is 15.7 Å². The second-order valence-corrected chi connectivity index (χ2v) is 8.31. The lowest BCUT2D eigenvalue weighted by molar-refractivity contribution is 0.112. The average molecular weight is 427 g/mol. The van der Waals surface area contributed by atoms with Crippen LogP contribution >= 0.6 is 0 Å². The minimum absolute atomic E-state index is 0.128. The summed E-state index contributed by atoms with van der Waals surface area (Å²) in [6.45, 7) is 4.32. The molecule has 166 valence electrons. The van der Waals surface area contributed by atoms with Gasteiger partial charge in [0.05, 0.1) is 18.0 Å². The lowest BCUT2D eigenvalue weighted by Gasteiger charge is -2.28. The Morgan fingerprint density at radius 3 is 2.65 bits per heavy atom. The highest BCUT2D eigenvalue weighted by Gasteiger charge is 2.26. The van der Waals surface area contributed by atoms with Crippen molar-refractivity contribution in [3.63, 3.8) is 0 Å². The Labute approximate surface area is 182 Å². The van der Waals surface area contributed by atoms with Gasteiger partial charge in [0, 0.05) is 12.1 Å². The van der Waals surface area contributed by atoms with Gasteiger partial charge in [-0.25, -0.2) is 14.4 Å². The zero-order chi connectivity index (χ0) is 21.8. The summed E-state index contributed by atoms with van der Waals surface area (Å²) in [6.07, 6.45) is 7.70. The lowest BCUT2D eigenvalue weighted by atomic mass is 9.93. The average Bonchev–Trinajstić information content (AvgIpc) is 3.13. The Morgan fingerprint density at radius 2 is 1.94 bits per heavy atom. The van der Waals surface area contributed by atoms with Gasteiger partial charge in [0.2, 0.25) is 11.9 Å². The fraction of sp³-hybridized carbons (Fsp3) is 0.522. The number of anilines is 3. The van der Waals surface area contributed by atoms with Crippen LogP contribution in [0.5, 0.6) is 0 Å².